The molecule has 1 aromatic carbocycles. The quantitative estimate of drug-likeness (QED) is 0.496. The first-order valence-electron chi connectivity index (χ1n) is 5.55. The number of hydrogen-bond acceptors (Lipinski definition) is 1. The SMILES string of the molecule is COc1cc[c]([K])cc1.F[B-](F)(F)F.F[B-](F)(F)F.F[B-](F)(F)F. The minimum absolute atomic E-state index is 0.791. The Bertz CT molecular complexity index is 370. The third kappa shape index (κ3) is 67.4. The van der Waals surface area contributed by atoms with Crippen molar-refractivity contribution in [1.29, 1.82) is 0 Å². The Morgan fingerprint density at radius 2 is 0.833 bits per heavy atom. The van der Waals surface area contributed by atoms with Crippen molar-refractivity contribution in [2.24, 2.45) is 0 Å². The molecule has 0 saturated carbocycles. The molecule has 0 amide bonds. The summed E-state index contributed by atoms with van der Waals surface area (Å²) in [5.74, 6) is 0.947. The molecule has 0 aliphatic carbocycles. The van der Waals surface area contributed by atoms with Crippen LogP contribution in [-0.2, 0) is 0 Å². The third-order valence-corrected chi connectivity index (χ3v) is 2.30. The second-order valence-electron chi connectivity index (χ2n) is 3.50. The molecule has 17 heteroatoms. The van der Waals surface area contributed by atoms with Crippen molar-refractivity contribution in [2.75, 3.05) is 7.11 Å². The molecule has 24 heavy (non-hydrogen) atoms. The van der Waals surface area contributed by atoms with E-state index in [0.717, 1.165) is 54.7 Å². The second kappa shape index (κ2) is 13.2. The Labute approximate surface area is 163 Å². The van der Waals surface area contributed by atoms with Gasteiger partial charge in [-0.15, -0.1) is 0 Å². The van der Waals surface area contributed by atoms with Crippen LogP contribution in [0.25, 0.3) is 0 Å². The van der Waals surface area contributed by atoms with Crippen molar-refractivity contribution >= 4 is 70.4 Å². The zero-order chi connectivity index (χ0) is 20.2. The van der Waals surface area contributed by atoms with E-state index in [1.165, 1.54) is -0.342 Å². The number of benzene rings is 1. The third-order valence-electron chi connectivity index (χ3n) is 1.26. The average molecular weight is 407 g/mol. The van der Waals surface area contributed by atoms with Gasteiger partial charge in [-0.05, 0) is 0 Å². The molecule has 0 aromatic heterocycles. The number of rotatable bonds is 1. The Morgan fingerprint density at radius 3 is 1.00 bits per heavy atom. The first-order valence-corrected chi connectivity index (χ1v) is 7.11. The zero-order valence-electron chi connectivity index (χ0n) is 12.0. The molecule has 0 saturated heterocycles. The topological polar surface area (TPSA) is 9.23 Å². The average Bonchev–Trinajstić information content (AvgIpc) is 2.23. The van der Waals surface area contributed by atoms with Crippen LogP contribution >= 0.6 is 0 Å². The van der Waals surface area contributed by atoms with Crippen LogP contribution in [0.4, 0.5) is 51.8 Å². The van der Waals surface area contributed by atoms with Gasteiger partial charge in [0.15, 0.2) is 0 Å². The van der Waals surface area contributed by atoms with E-state index in [1.54, 1.807) is 7.11 Å². The van der Waals surface area contributed by atoms with E-state index < -0.39 is 21.8 Å². The predicted octanol–water partition coefficient (Wildman–Crippen LogP) is 4.39. The summed E-state index contributed by atoms with van der Waals surface area (Å²) in [6.45, 7) is 0. The fourth-order valence-corrected chi connectivity index (χ4v) is 1.19. The van der Waals surface area contributed by atoms with Crippen molar-refractivity contribution in [3.63, 3.8) is 0 Å². The zero-order valence-corrected chi connectivity index (χ0v) is 15.1. The molecule has 1 aromatic rings. The van der Waals surface area contributed by atoms with Crippen LogP contribution in [0.3, 0.4) is 0 Å². The van der Waals surface area contributed by atoms with Gasteiger partial charge in [-0.3, -0.25) is 0 Å². The molecule has 0 spiro atoms. The molecule has 0 heterocycles. The fourth-order valence-electron chi connectivity index (χ4n) is 0.674. The minimum Gasteiger partial charge on any atom is -0.418 e. The van der Waals surface area contributed by atoms with Gasteiger partial charge in [0.25, 0.3) is 0 Å². The van der Waals surface area contributed by atoms with Gasteiger partial charge in [-0.25, -0.2) is 0 Å². The molecule has 0 unspecified atom stereocenters. The van der Waals surface area contributed by atoms with Crippen LogP contribution in [0.1, 0.15) is 0 Å². The summed E-state index contributed by atoms with van der Waals surface area (Å²) in [7, 11) is -16.3. The smallest absolute Gasteiger partial charge is 0.418 e. The van der Waals surface area contributed by atoms with Gasteiger partial charge < -0.3 is 51.8 Å². The summed E-state index contributed by atoms with van der Waals surface area (Å²) in [6, 6.07) is 8.22. The number of hydrogen-bond donors (Lipinski definition) is 0. The van der Waals surface area contributed by atoms with Crippen LogP contribution in [0, 0.1) is 0 Å². The molecular weight excluding hydrogens is 400 g/mol. The molecule has 1 rings (SSSR count). The molecule has 0 N–H and O–H groups in total. The van der Waals surface area contributed by atoms with Crippen LogP contribution < -0.4 is 4.39 Å². The maximum Gasteiger partial charge on any atom is 0.673 e. The molecular formula is C7H7B3F12KO-3. The summed E-state index contributed by atoms with van der Waals surface area (Å²) >= 11 is 0.791. The molecule has 0 bridgehead atoms. The summed E-state index contributed by atoms with van der Waals surface area (Å²) in [5.41, 5.74) is 0. The van der Waals surface area contributed by atoms with E-state index in [2.05, 4.69) is 12.1 Å². The molecule has 0 aliphatic heterocycles. The van der Waals surface area contributed by atoms with E-state index in [0.29, 0.717) is 0 Å². The van der Waals surface area contributed by atoms with E-state index in [-0.39, 0.29) is 0 Å². The number of methoxy groups -OCH3 is 1. The Hall–Kier alpha value is 0.0112. The first-order chi connectivity index (χ1) is 10.3. The summed E-state index contributed by atoms with van der Waals surface area (Å²) in [5, 5.41) is 0. The standard InChI is InChI=1S/C7H7O.3BF4.K/c1-8-7-5-3-2-4-6-7;3*2-1(3,4)5;/h3-6H,1H3;;;;/q;3*-1;. The Balaban J connectivity index is -0.000000259. The van der Waals surface area contributed by atoms with Crippen LogP contribution in [0.15, 0.2) is 24.3 Å². The molecule has 0 atom stereocenters. The minimum atomic E-state index is -6.00. The second-order valence-corrected chi connectivity index (χ2v) is 5.30. The van der Waals surface area contributed by atoms with Crippen molar-refractivity contribution < 1.29 is 56.5 Å². The van der Waals surface area contributed by atoms with Gasteiger partial charge in [0.05, 0.1) is 0 Å². The van der Waals surface area contributed by atoms with Gasteiger partial charge in [0.1, 0.15) is 0 Å². The number of halogens is 12. The maximum absolute atomic E-state index is 9.75. The fraction of sp³-hybridized carbons (Fsp3) is 0.143. The molecule has 0 fully saturated rings. The van der Waals surface area contributed by atoms with Crippen molar-refractivity contribution in [1.82, 2.24) is 0 Å². The largest absolute Gasteiger partial charge is 0.673 e. The van der Waals surface area contributed by atoms with Crippen molar-refractivity contribution in [3.8, 4) is 5.75 Å². The van der Waals surface area contributed by atoms with E-state index in [9.17, 15) is 51.8 Å². The van der Waals surface area contributed by atoms with Gasteiger partial charge in [0.2, 0.25) is 0 Å². The van der Waals surface area contributed by atoms with E-state index in [4.69, 9.17) is 4.74 Å². The van der Waals surface area contributed by atoms with Crippen LogP contribution in [-0.4, -0.2) is 77.8 Å². The summed E-state index contributed by atoms with van der Waals surface area (Å²) < 4.78 is 123. The Morgan fingerprint density at radius 1 is 0.625 bits per heavy atom. The van der Waals surface area contributed by atoms with Crippen molar-refractivity contribution in [3.05, 3.63) is 24.3 Å². The van der Waals surface area contributed by atoms with Gasteiger partial charge in [-0.1, -0.05) is 0 Å². The van der Waals surface area contributed by atoms with Gasteiger partial charge in [0, 0.05) is 0 Å². The molecule has 1 nitrogen and oxygen atoms in total. The van der Waals surface area contributed by atoms with Gasteiger partial charge >= 0.3 is 112 Å². The number of ether oxygens (including phenoxy) is 1. The van der Waals surface area contributed by atoms with Crippen LogP contribution in [0.2, 0.25) is 0 Å². The van der Waals surface area contributed by atoms with Gasteiger partial charge in [-0.2, -0.15) is 0 Å². The summed E-state index contributed by atoms with van der Waals surface area (Å²) in [4.78, 5) is 0. The maximum atomic E-state index is 9.75. The molecule has 0 radical (unpaired) electrons. The predicted molar refractivity (Wildman–Crippen MR) is 68.9 cm³/mol. The van der Waals surface area contributed by atoms with Crippen LogP contribution in [0.5, 0.6) is 5.75 Å². The van der Waals surface area contributed by atoms with Crippen molar-refractivity contribution in [2.45, 2.75) is 0 Å². The van der Waals surface area contributed by atoms with E-state index in [1.807, 2.05) is 12.1 Å². The monoisotopic (exact) mass is 407 g/mol. The molecule has 138 valence electrons. The molecule has 0 aliphatic rings. The Kier molecular flexibility index (Phi) is 15.9. The van der Waals surface area contributed by atoms with E-state index >= 15 is 0 Å². The first kappa shape index (κ1) is 28.8. The normalized spacial score (nSPS) is 11.0. The summed E-state index contributed by atoms with van der Waals surface area (Å²) in [6.07, 6.45) is 0.